The Labute approximate surface area is 97.5 Å². The van der Waals surface area contributed by atoms with Crippen LogP contribution < -0.4 is 4.57 Å². The molecule has 1 aromatic rings. The number of aromatic nitrogens is 1. The van der Waals surface area contributed by atoms with E-state index < -0.39 is 12.1 Å². The molecule has 0 amide bonds. The lowest BCUT2D eigenvalue weighted by Crippen LogP contribution is -2.31. The van der Waals surface area contributed by atoms with Crippen molar-refractivity contribution >= 4 is 5.97 Å². The number of nitrogens with zero attached hydrogens (tertiary/aromatic N) is 1. The van der Waals surface area contributed by atoms with E-state index in [9.17, 15) is 13.2 Å². The van der Waals surface area contributed by atoms with Crippen molar-refractivity contribution in [2.75, 3.05) is 0 Å². The Bertz CT molecular complexity index is 325. The second-order valence-electron chi connectivity index (χ2n) is 3.27. The maximum absolute atomic E-state index is 10.6. The quantitative estimate of drug-likeness (QED) is 0.837. The van der Waals surface area contributed by atoms with Gasteiger partial charge in [-0.25, -0.2) is 9.36 Å². The van der Waals surface area contributed by atoms with Crippen molar-refractivity contribution in [1.82, 2.24) is 0 Å². The van der Waals surface area contributed by atoms with Crippen molar-refractivity contribution in [3.05, 3.63) is 30.6 Å². The molecule has 0 radical (unpaired) electrons. The second-order valence-corrected chi connectivity index (χ2v) is 3.27. The highest BCUT2D eigenvalue weighted by molar-refractivity contribution is 5.73. The molecule has 0 saturated heterocycles. The number of halogens is 3. The van der Waals surface area contributed by atoms with Gasteiger partial charge in [-0.3, -0.25) is 0 Å². The number of carbonyl (C=O) groups is 1. The Morgan fingerprint density at radius 1 is 1.24 bits per heavy atom. The average Bonchev–Trinajstić information content (AvgIpc) is 2.27. The predicted octanol–water partition coefficient (Wildman–Crippen LogP) is 2.41. The van der Waals surface area contributed by atoms with Crippen LogP contribution in [0.5, 0.6) is 0 Å². The minimum Gasteiger partial charge on any atom is -0.475 e. The minimum absolute atomic E-state index is 1.15. The maximum Gasteiger partial charge on any atom is 0.490 e. The summed E-state index contributed by atoms with van der Waals surface area (Å²) in [6, 6.07) is 6.17. The Morgan fingerprint density at radius 2 is 1.71 bits per heavy atom. The maximum atomic E-state index is 10.6. The van der Waals surface area contributed by atoms with Crippen LogP contribution in [0.3, 0.4) is 0 Å². The molecule has 1 aromatic heterocycles. The van der Waals surface area contributed by atoms with Crippen LogP contribution in [-0.4, -0.2) is 17.3 Å². The van der Waals surface area contributed by atoms with Gasteiger partial charge in [-0.05, 0) is 0 Å². The number of carboxylic acid groups (broad SMARTS) is 1. The summed E-state index contributed by atoms with van der Waals surface area (Å²) >= 11 is 0. The van der Waals surface area contributed by atoms with E-state index in [1.165, 1.54) is 12.8 Å². The average molecular weight is 250 g/mol. The number of unbranched alkanes of at least 4 members (excludes halogenated alkanes) is 1. The van der Waals surface area contributed by atoms with Gasteiger partial charge in [0, 0.05) is 18.6 Å². The topological polar surface area (TPSA) is 41.2 Å². The lowest BCUT2D eigenvalue weighted by Gasteiger charge is -1.93. The zero-order valence-corrected chi connectivity index (χ0v) is 9.44. The smallest absolute Gasteiger partial charge is 0.475 e. The summed E-state index contributed by atoms with van der Waals surface area (Å²) in [7, 11) is 0. The van der Waals surface area contributed by atoms with Gasteiger partial charge >= 0.3 is 12.1 Å². The van der Waals surface area contributed by atoms with E-state index in [0.29, 0.717) is 0 Å². The van der Waals surface area contributed by atoms with Crippen LogP contribution >= 0.6 is 0 Å². The molecule has 0 aromatic carbocycles. The van der Waals surface area contributed by atoms with Gasteiger partial charge in [-0.2, -0.15) is 13.2 Å². The van der Waals surface area contributed by atoms with Gasteiger partial charge in [0.1, 0.15) is 6.54 Å². The molecular formula is C11H15F3NO2+. The first-order chi connectivity index (χ1) is 7.88. The van der Waals surface area contributed by atoms with Gasteiger partial charge in [0.05, 0.1) is 0 Å². The minimum atomic E-state index is -5.08. The Morgan fingerprint density at radius 3 is 2.06 bits per heavy atom. The molecule has 1 heterocycles. The SMILES string of the molecule is CCCC[n+]1ccccc1.O=C(O)C(F)(F)F. The molecule has 0 aliphatic carbocycles. The van der Waals surface area contributed by atoms with Crippen LogP contribution in [0.2, 0.25) is 0 Å². The van der Waals surface area contributed by atoms with E-state index in [-0.39, 0.29) is 0 Å². The molecule has 0 saturated carbocycles. The van der Waals surface area contributed by atoms with E-state index in [1.54, 1.807) is 0 Å². The normalized spacial score (nSPS) is 10.4. The molecule has 0 fully saturated rings. The van der Waals surface area contributed by atoms with Crippen molar-refractivity contribution in [2.24, 2.45) is 0 Å². The molecule has 0 spiro atoms. The Kier molecular flexibility index (Phi) is 6.93. The molecule has 0 unspecified atom stereocenters. The molecule has 0 aliphatic heterocycles. The molecule has 0 aliphatic rings. The first-order valence-electron chi connectivity index (χ1n) is 5.12. The van der Waals surface area contributed by atoms with E-state index in [1.807, 2.05) is 6.07 Å². The molecule has 6 heteroatoms. The summed E-state index contributed by atoms with van der Waals surface area (Å²) in [6.07, 6.45) is 1.67. The molecule has 3 nitrogen and oxygen atoms in total. The molecule has 1 rings (SSSR count). The summed E-state index contributed by atoms with van der Waals surface area (Å²) in [5.41, 5.74) is 0. The number of hydrogen-bond donors (Lipinski definition) is 1. The van der Waals surface area contributed by atoms with Crippen LogP contribution in [0.25, 0.3) is 0 Å². The molecular weight excluding hydrogens is 235 g/mol. The summed E-state index contributed by atoms with van der Waals surface area (Å²) in [4.78, 5) is 8.90. The molecule has 96 valence electrons. The van der Waals surface area contributed by atoms with Crippen LogP contribution in [0.1, 0.15) is 19.8 Å². The summed E-state index contributed by atoms with van der Waals surface area (Å²) in [5, 5.41) is 7.12. The summed E-state index contributed by atoms with van der Waals surface area (Å²) in [5.74, 6) is -2.76. The van der Waals surface area contributed by atoms with Crippen LogP contribution in [0.4, 0.5) is 13.2 Å². The number of aliphatic carboxylic acids is 1. The third-order valence-corrected chi connectivity index (χ3v) is 1.79. The Hall–Kier alpha value is -1.59. The number of hydrogen-bond acceptors (Lipinski definition) is 1. The second kappa shape index (κ2) is 7.65. The fourth-order valence-corrected chi connectivity index (χ4v) is 0.924. The highest BCUT2D eigenvalue weighted by atomic mass is 19.4. The number of aryl methyl sites for hydroxylation is 1. The molecule has 0 bridgehead atoms. The largest absolute Gasteiger partial charge is 0.490 e. The first kappa shape index (κ1) is 15.4. The van der Waals surface area contributed by atoms with Crippen LogP contribution in [0, 0.1) is 0 Å². The number of alkyl halides is 3. The van der Waals surface area contributed by atoms with Gasteiger partial charge < -0.3 is 5.11 Å². The fraction of sp³-hybridized carbons (Fsp3) is 0.455. The summed E-state index contributed by atoms with van der Waals surface area (Å²) in [6.45, 7) is 3.36. The van der Waals surface area contributed by atoms with Gasteiger partial charge in [0.15, 0.2) is 12.4 Å². The lowest BCUT2D eigenvalue weighted by molar-refractivity contribution is -0.697. The van der Waals surface area contributed by atoms with Gasteiger partial charge in [-0.1, -0.05) is 19.4 Å². The number of pyridine rings is 1. The van der Waals surface area contributed by atoms with Gasteiger partial charge in [0.25, 0.3) is 0 Å². The molecule has 17 heavy (non-hydrogen) atoms. The summed E-state index contributed by atoms with van der Waals surface area (Å²) < 4.78 is 33.9. The Balaban J connectivity index is 0.000000325. The standard InChI is InChI=1S/C9H14N.C2HF3O2/c1-2-3-7-10-8-5-4-6-9-10;3-2(4,5)1(6)7/h4-6,8-9H,2-3,7H2,1H3;(H,6,7)/q+1;. The van der Waals surface area contributed by atoms with E-state index in [2.05, 4.69) is 36.0 Å². The zero-order valence-electron chi connectivity index (χ0n) is 9.44. The monoisotopic (exact) mass is 250 g/mol. The van der Waals surface area contributed by atoms with Gasteiger partial charge in [-0.15, -0.1) is 0 Å². The van der Waals surface area contributed by atoms with E-state index in [4.69, 9.17) is 9.90 Å². The number of carboxylic acids is 1. The van der Waals surface area contributed by atoms with E-state index >= 15 is 0 Å². The molecule has 1 N–H and O–H groups in total. The van der Waals surface area contributed by atoms with Crippen molar-refractivity contribution in [1.29, 1.82) is 0 Å². The van der Waals surface area contributed by atoms with Crippen molar-refractivity contribution in [3.63, 3.8) is 0 Å². The highest BCUT2D eigenvalue weighted by Gasteiger charge is 2.38. The van der Waals surface area contributed by atoms with Crippen molar-refractivity contribution in [3.8, 4) is 0 Å². The van der Waals surface area contributed by atoms with Crippen LogP contribution in [0.15, 0.2) is 30.6 Å². The fourth-order valence-electron chi connectivity index (χ4n) is 0.924. The molecule has 0 atom stereocenters. The first-order valence-corrected chi connectivity index (χ1v) is 5.12. The number of rotatable bonds is 3. The van der Waals surface area contributed by atoms with Crippen LogP contribution in [-0.2, 0) is 11.3 Å². The predicted molar refractivity (Wildman–Crippen MR) is 55.2 cm³/mol. The highest BCUT2D eigenvalue weighted by Crippen LogP contribution is 2.13. The van der Waals surface area contributed by atoms with Crippen molar-refractivity contribution in [2.45, 2.75) is 32.5 Å². The third kappa shape index (κ3) is 8.24. The van der Waals surface area contributed by atoms with Crippen molar-refractivity contribution < 1.29 is 27.6 Å². The van der Waals surface area contributed by atoms with E-state index in [0.717, 1.165) is 6.54 Å². The lowest BCUT2D eigenvalue weighted by atomic mass is 10.3. The third-order valence-electron chi connectivity index (χ3n) is 1.79. The zero-order chi connectivity index (χ0) is 13.3. The van der Waals surface area contributed by atoms with Gasteiger partial charge in [0.2, 0.25) is 0 Å².